The Morgan fingerprint density at radius 3 is 1.36 bits per heavy atom. The third kappa shape index (κ3) is 0.898. The maximum Gasteiger partial charge on any atom is 0.185 e. The Bertz CT molecular complexity index is 270. The molecule has 0 aliphatic carbocycles. The maximum atomic E-state index is 5.82. The Hall–Kier alpha value is 0.410. The molecule has 0 atom stereocenters. The summed E-state index contributed by atoms with van der Waals surface area (Å²) in [5.74, 6) is 0. The smallest absolute Gasteiger partial charge is 0.185 e. The predicted octanol–water partition coefficient (Wildman–Crippen LogP) is -0.429. The van der Waals surface area contributed by atoms with E-state index in [4.69, 9.17) is 11.8 Å². The van der Waals surface area contributed by atoms with E-state index in [1.54, 1.807) is 0 Å². The quantitative estimate of drug-likeness (QED) is 0.523. The molecule has 0 spiro atoms. The van der Waals surface area contributed by atoms with Crippen LogP contribution in [0, 0.1) is 0 Å². The Morgan fingerprint density at radius 2 is 1.07 bits per heavy atom. The minimum atomic E-state index is -1.73. The van der Waals surface area contributed by atoms with Gasteiger partial charge in [0, 0.05) is 21.1 Å². The van der Waals surface area contributed by atoms with Gasteiger partial charge in [-0.05, 0) is 11.8 Å². The van der Waals surface area contributed by atoms with E-state index in [0.717, 1.165) is 20.0 Å². The summed E-state index contributed by atoms with van der Waals surface area (Å²) in [6.07, 6.45) is 0. The summed E-state index contributed by atoms with van der Waals surface area (Å²) in [7, 11) is 6.31. The van der Waals surface area contributed by atoms with Crippen LogP contribution in [-0.4, -0.2) is 70.5 Å². The molecule has 0 aromatic rings. The first-order valence-electron chi connectivity index (χ1n) is 4.62. The van der Waals surface area contributed by atoms with Crippen molar-refractivity contribution in [2.24, 2.45) is 0 Å². The Morgan fingerprint density at radius 1 is 0.786 bits per heavy atom. The van der Waals surface area contributed by atoms with Crippen LogP contribution >= 0.6 is 6.49 Å². The van der Waals surface area contributed by atoms with Crippen molar-refractivity contribution in [3.8, 4) is 0 Å². The second-order valence-corrected chi connectivity index (χ2v) is 8.16. The van der Waals surface area contributed by atoms with Crippen LogP contribution in [0.25, 0.3) is 0 Å². The SMILES string of the molecule is CN1N2CN3CN(C2)N(C)P1(=S)N3C. The molecule has 4 heterocycles. The number of hydrazine groups is 3. The molecule has 4 bridgehead atoms. The lowest BCUT2D eigenvalue weighted by atomic mass is 10.7. The van der Waals surface area contributed by atoms with Gasteiger partial charge in [-0.25, -0.2) is 15.0 Å². The fraction of sp³-hybridized carbons (Fsp3) is 1.00. The summed E-state index contributed by atoms with van der Waals surface area (Å²) in [6.45, 7) is 1.17. The van der Waals surface area contributed by atoms with Gasteiger partial charge >= 0.3 is 0 Å². The molecule has 4 aliphatic heterocycles. The van der Waals surface area contributed by atoms with Gasteiger partial charge in [-0.2, -0.15) is 14.3 Å². The molecule has 0 saturated carbocycles. The standard InChI is InChI=1S/C6H15N6PS/c1-7-10-4-11-6-12(5-10)9(3)13(7,14)8(11)2/h4-6H2,1-3H3. The van der Waals surface area contributed by atoms with Crippen LogP contribution in [0.4, 0.5) is 0 Å². The van der Waals surface area contributed by atoms with E-state index in [0.29, 0.717) is 0 Å². The molecule has 0 radical (unpaired) electrons. The molecule has 0 aromatic carbocycles. The van der Waals surface area contributed by atoms with E-state index in [1.807, 2.05) is 0 Å². The molecule has 6 nitrogen and oxygen atoms in total. The summed E-state index contributed by atoms with van der Waals surface area (Å²) < 4.78 is 6.73. The lowest BCUT2D eigenvalue weighted by molar-refractivity contribution is -0.245. The van der Waals surface area contributed by atoms with Crippen molar-refractivity contribution in [3.05, 3.63) is 0 Å². The monoisotopic (exact) mass is 234 g/mol. The zero-order valence-corrected chi connectivity index (χ0v) is 10.4. The highest BCUT2D eigenvalue weighted by Gasteiger charge is 2.53. The number of hydrogen-bond acceptors (Lipinski definition) is 4. The molecule has 0 amide bonds. The fourth-order valence-corrected chi connectivity index (χ4v) is 5.69. The second kappa shape index (κ2) is 2.75. The Kier molecular flexibility index (Phi) is 1.89. The van der Waals surface area contributed by atoms with Gasteiger partial charge in [-0.3, -0.25) is 0 Å². The zero-order chi connectivity index (χ0) is 10.1. The van der Waals surface area contributed by atoms with Crippen molar-refractivity contribution in [1.29, 1.82) is 0 Å². The van der Waals surface area contributed by atoms with Crippen molar-refractivity contribution < 1.29 is 0 Å². The van der Waals surface area contributed by atoms with E-state index in [1.165, 1.54) is 0 Å². The molecule has 8 heteroatoms. The van der Waals surface area contributed by atoms with E-state index >= 15 is 0 Å². The van der Waals surface area contributed by atoms with Crippen LogP contribution in [0.2, 0.25) is 0 Å². The third-order valence-corrected chi connectivity index (χ3v) is 8.49. The van der Waals surface area contributed by atoms with Crippen LogP contribution in [0.15, 0.2) is 0 Å². The topological polar surface area (TPSA) is 19.4 Å². The average molecular weight is 234 g/mol. The third-order valence-electron chi connectivity index (χ3n) is 3.34. The number of rotatable bonds is 0. The summed E-state index contributed by atoms with van der Waals surface area (Å²) in [5.41, 5.74) is 0. The van der Waals surface area contributed by atoms with Gasteiger partial charge in [0.25, 0.3) is 0 Å². The fourth-order valence-electron chi connectivity index (χ4n) is 2.30. The van der Waals surface area contributed by atoms with E-state index in [-0.39, 0.29) is 0 Å². The molecule has 4 rings (SSSR count). The molecular formula is C6H15N6PS. The summed E-state index contributed by atoms with van der Waals surface area (Å²) >= 11 is 5.82. The van der Waals surface area contributed by atoms with Gasteiger partial charge in [0.05, 0.1) is 20.0 Å². The highest BCUT2D eigenvalue weighted by molar-refractivity contribution is 8.11. The van der Waals surface area contributed by atoms with Crippen LogP contribution in [0.5, 0.6) is 0 Å². The molecule has 4 aliphatic rings. The Balaban J connectivity index is 2.10. The van der Waals surface area contributed by atoms with Crippen molar-refractivity contribution in [2.45, 2.75) is 0 Å². The summed E-state index contributed by atoms with van der Waals surface area (Å²) in [6, 6.07) is 0. The molecule has 80 valence electrons. The first-order chi connectivity index (χ1) is 6.55. The van der Waals surface area contributed by atoms with Crippen LogP contribution in [0.3, 0.4) is 0 Å². The first kappa shape index (κ1) is 9.62. The Labute approximate surface area is 89.3 Å². The van der Waals surface area contributed by atoms with Gasteiger partial charge in [0.2, 0.25) is 0 Å². The molecule has 4 saturated heterocycles. The molecule has 0 N–H and O–H groups in total. The first-order valence-corrected chi connectivity index (χ1v) is 7.28. The van der Waals surface area contributed by atoms with Crippen molar-refractivity contribution >= 4 is 18.3 Å². The largest absolute Gasteiger partial charge is 0.204 e. The summed E-state index contributed by atoms with van der Waals surface area (Å²) in [4.78, 5) is 0. The van der Waals surface area contributed by atoms with Crippen molar-refractivity contribution in [1.82, 2.24) is 29.4 Å². The van der Waals surface area contributed by atoms with Gasteiger partial charge in [-0.15, -0.1) is 0 Å². The maximum absolute atomic E-state index is 5.82. The minimum absolute atomic E-state index is 0.968. The second-order valence-electron chi connectivity index (χ2n) is 3.93. The van der Waals surface area contributed by atoms with Crippen LogP contribution in [-0.2, 0) is 11.8 Å². The normalized spacial score (nSPS) is 54.4. The van der Waals surface area contributed by atoms with E-state index in [2.05, 4.69) is 50.5 Å². The van der Waals surface area contributed by atoms with Crippen LogP contribution in [0.1, 0.15) is 0 Å². The van der Waals surface area contributed by atoms with E-state index in [9.17, 15) is 0 Å². The minimum Gasteiger partial charge on any atom is -0.204 e. The van der Waals surface area contributed by atoms with Crippen molar-refractivity contribution in [2.75, 3.05) is 41.1 Å². The van der Waals surface area contributed by atoms with Gasteiger partial charge in [0.15, 0.2) is 6.49 Å². The molecule has 0 unspecified atom stereocenters. The highest BCUT2D eigenvalue weighted by atomic mass is 32.4. The van der Waals surface area contributed by atoms with Crippen molar-refractivity contribution in [3.63, 3.8) is 0 Å². The molecule has 4 fully saturated rings. The average Bonchev–Trinajstić information content (AvgIpc) is 2.20. The van der Waals surface area contributed by atoms with Gasteiger partial charge in [0.1, 0.15) is 0 Å². The number of nitrogens with zero attached hydrogens (tertiary/aromatic N) is 6. The van der Waals surface area contributed by atoms with E-state index < -0.39 is 6.49 Å². The van der Waals surface area contributed by atoms with Gasteiger partial charge < -0.3 is 0 Å². The van der Waals surface area contributed by atoms with Gasteiger partial charge in [-0.1, -0.05) is 0 Å². The lowest BCUT2D eigenvalue weighted by Gasteiger charge is -2.67. The highest BCUT2D eigenvalue weighted by Crippen LogP contribution is 2.62. The molecule has 0 aromatic heterocycles. The van der Waals surface area contributed by atoms with Crippen LogP contribution < -0.4 is 0 Å². The summed E-state index contributed by atoms with van der Waals surface area (Å²) in [5, 5.41) is 6.93. The zero-order valence-electron chi connectivity index (χ0n) is 8.66. The number of hydrogen-bond donors (Lipinski definition) is 0. The molecule has 14 heavy (non-hydrogen) atoms. The lowest BCUT2D eigenvalue weighted by Crippen LogP contribution is -2.75. The predicted molar refractivity (Wildman–Crippen MR) is 57.7 cm³/mol. The molecular weight excluding hydrogens is 219 g/mol.